The van der Waals surface area contributed by atoms with E-state index >= 15 is 0 Å². The monoisotopic (exact) mass is 278 g/mol. The van der Waals surface area contributed by atoms with E-state index in [-0.39, 0.29) is 0 Å². The van der Waals surface area contributed by atoms with Crippen molar-refractivity contribution >= 4 is 15.9 Å². The first-order valence-corrected chi connectivity index (χ1v) is 7.52. The van der Waals surface area contributed by atoms with Crippen LogP contribution in [0.2, 0.25) is 0 Å². The average Bonchev–Trinajstić information content (AvgIpc) is 2.98. The SMILES string of the molecule is BrC(c1ccc2c(c1)CCC2)C1CCCC1. The van der Waals surface area contributed by atoms with E-state index in [2.05, 4.69) is 34.1 Å². The molecule has 3 rings (SSSR count). The molecule has 0 N–H and O–H groups in total. The van der Waals surface area contributed by atoms with Crippen molar-refractivity contribution in [3.8, 4) is 0 Å². The third-order valence-electron chi connectivity index (χ3n) is 4.25. The normalized spacial score (nSPS) is 22.3. The lowest BCUT2D eigenvalue weighted by molar-refractivity contribution is 0.541. The second-order valence-electron chi connectivity index (χ2n) is 5.33. The molecule has 1 aromatic rings. The molecular formula is C15H19Br. The topological polar surface area (TPSA) is 0 Å². The van der Waals surface area contributed by atoms with E-state index in [1.165, 1.54) is 50.5 Å². The van der Waals surface area contributed by atoms with Gasteiger partial charge in [-0.3, -0.25) is 0 Å². The zero-order valence-electron chi connectivity index (χ0n) is 9.71. The summed E-state index contributed by atoms with van der Waals surface area (Å²) >= 11 is 3.92. The summed E-state index contributed by atoms with van der Waals surface area (Å²) in [4.78, 5) is 0.598. The standard InChI is InChI=1S/C15H19Br/c16-15(12-4-1-2-5-12)14-9-8-11-6-3-7-13(11)10-14/h8-10,12,15H,1-7H2. The van der Waals surface area contributed by atoms with Crippen molar-refractivity contribution in [2.24, 2.45) is 5.92 Å². The van der Waals surface area contributed by atoms with E-state index in [0.717, 1.165) is 5.92 Å². The maximum absolute atomic E-state index is 3.92. The molecule has 0 bridgehead atoms. The first-order chi connectivity index (χ1) is 7.84. The van der Waals surface area contributed by atoms with Gasteiger partial charge in [0.15, 0.2) is 0 Å². The maximum Gasteiger partial charge on any atom is 0.0423 e. The Morgan fingerprint density at radius 1 is 1.00 bits per heavy atom. The quantitative estimate of drug-likeness (QED) is 0.682. The molecule has 0 radical (unpaired) electrons. The molecule has 0 nitrogen and oxygen atoms in total. The summed E-state index contributed by atoms with van der Waals surface area (Å²) in [6.07, 6.45) is 9.63. The molecule has 1 aromatic carbocycles. The molecule has 0 amide bonds. The largest absolute Gasteiger partial charge is 0.0836 e. The first kappa shape index (κ1) is 10.8. The van der Waals surface area contributed by atoms with Gasteiger partial charge < -0.3 is 0 Å². The Bertz CT molecular complexity index is 377. The van der Waals surface area contributed by atoms with Crippen LogP contribution >= 0.6 is 15.9 Å². The minimum absolute atomic E-state index is 0.598. The zero-order valence-corrected chi connectivity index (χ0v) is 11.3. The summed E-state index contributed by atoms with van der Waals surface area (Å²) in [5.41, 5.74) is 4.72. The number of hydrogen-bond donors (Lipinski definition) is 0. The van der Waals surface area contributed by atoms with E-state index in [9.17, 15) is 0 Å². The van der Waals surface area contributed by atoms with Crippen molar-refractivity contribution in [1.29, 1.82) is 0 Å². The second kappa shape index (κ2) is 4.52. The van der Waals surface area contributed by atoms with Crippen LogP contribution in [0, 0.1) is 5.92 Å². The minimum Gasteiger partial charge on any atom is -0.0836 e. The Kier molecular flexibility index (Phi) is 3.06. The molecule has 86 valence electrons. The molecule has 2 aliphatic carbocycles. The number of benzene rings is 1. The fourth-order valence-corrected chi connectivity index (χ4v) is 4.10. The van der Waals surface area contributed by atoms with Crippen molar-refractivity contribution in [1.82, 2.24) is 0 Å². The van der Waals surface area contributed by atoms with Gasteiger partial charge in [0, 0.05) is 4.83 Å². The number of rotatable bonds is 2. The van der Waals surface area contributed by atoms with Gasteiger partial charge >= 0.3 is 0 Å². The van der Waals surface area contributed by atoms with Gasteiger partial charge in [0.05, 0.1) is 0 Å². The molecule has 2 aliphatic rings. The zero-order chi connectivity index (χ0) is 11.0. The predicted molar refractivity (Wildman–Crippen MR) is 72.1 cm³/mol. The third kappa shape index (κ3) is 1.95. The Morgan fingerprint density at radius 3 is 2.56 bits per heavy atom. The van der Waals surface area contributed by atoms with Crippen LogP contribution in [0.4, 0.5) is 0 Å². The molecule has 0 saturated heterocycles. The highest BCUT2D eigenvalue weighted by Gasteiger charge is 2.24. The van der Waals surface area contributed by atoms with Crippen LogP contribution < -0.4 is 0 Å². The number of aryl methyl sites for hydroxylation is 2. The first-order valence-electron chi connectivity index (χ1n) is 6.60. The lowest BCUT2D eigenvalue weighted by atomic mass is 9.95. The molecule has 1 unspecified atom stereocenters. The third-order valence-corrected chi connectivity index (χ3v) is 5.53. The molecule has 1 atom stereocenters. The maximum atomic E-state index is 3.92. The van der Waals surface area contributed by atoms with Crippen LogP contribution in [-0.2, 0) is 12.8 Å². The fourth-order valence-electron chi connectivity index (χ4n) is 3.29. The number of fused-ring (bicyclic) bond motifs is 1. The van der Waals surface area contributed by atoms with Gasteiger partial charge in [-0.05, 0) is 54.7 Å². The van der Waals surface area contributed by atoms with Crippen LogP contribution in [0.3, 0.4) is 0 Å². The van der Waals surface area contributed by atoms with Crippen LogP contribution in [-0.4, -0.2) is 0 Å². The summed E-state index contributed by atoms with van der Waals surface area (Å²) in [6.45, 7) is 0. The smallest absolute Gasteiger partial charge is 0.0423 e. The number of hydrogen-bond acceptors (Lipinski definition) is 0. The number of alkyl halides is 1. The minimum atomic E-state index is 0.598. The number of halogens is 1. The van der Waals surface area contributed by atoms with Crippen molar-refractivity contribution in [3.63, 3.8) is 0 Å². The Morgan fingerprint density at radius 2 is 1.75 bits per heavy atom. The summed E-state index contributed by atoms with van der Waals surface area (Å²) in [7, 11) is 0. The van der Waals surface area contributed by atoms with Crippen molar-refractivity contribution in [3.05, 3.63) is 34.9 Å². The highest BCUT2D eigenvalue weighted by molar-refractivity contribution is 9.09. The second-order valence-corrected chi connectivity index (χ2v) is 6.31. The summed E-state index contributed by atoms with van der Waals surface area (Å²) in [6, 6.07) is 7.17. The lowest BCUT2D eigenvalue weighted by Crippen LogP contribution is -2.03. The molecule has 16 heavy (non-hydrogen) atoms. The van der Waals surface area contributed by atoms with E-state index in [0.29, 0.717) is 4.83 Å². The van der Waals surface area contributed by atoms with Gasteiger partial charge in [-0.2, -0.15) is 0 Å². The van der Waals surface area contributed by atoms with E-state index in [1.807, 2.05) is 0 Å². The van der Waals surface area contributed by atoms with Crippen LogP contribution in [0.15, 0.2) is 18.2 Å². The average molecular weight is 279 g/mol. The van der Waals surface area contributed by atoms with Crippen LogP contribution in [0.25, 0.3) is 0 Å². The van der Waals surface area contributed by atoms with Gasteiger partial charge in [0.25, 0.3) is 0 Å². The lowest BCUT2D eigenvalue weighted by Gasteiger charge is -2.18. The molecule has 1 heteroatoms. The van der Waals surface area contributed by atoms with Crippen LogP contribution in [0.1, 0.15) is 53.6 Å². The van der Waals surface area contributed by atoms with E-state index in [4.69, 9.17) is 0 Å². The van der Waals surface area contributed by atoms with Crippen LogP contribution in [0.5, 0.6) is 0 Å². The summed E-state index contributed by atoms with van der Waals surface area (Å²) in [5, 5.41) is 0. The fraction of sp³-hybridized carbons (Fsp3) is 0.600. The van der Waals surface area contributed by atoms with Crippen molar-refractivity contribution < 1.29 is 0 Å². The van der Waals surface area contributed by atoms with E-state index in [1.54, 1.807) is 11.1 Å². The molecule has 1 saturated carbocycles. The summed E-state index contributed by atoms with van der Waals surface area (Å²) in [5.74, 6) is 0.874. The molecular weight excluding hydrogens is 260 g/mol. The Hall–Kier alpha value is -0.300. The molecule has 0 spiro atoms. The van der Waals surface area contributed by atoms with Gasteiger partial charge in [0.2, 0.25) is 0 Å². The molecule has 0 heterocycles. The van der Waals surface area contributed by atoms with Gasteiger partial charge in [-0.15, -0.1) is 0 Å². The Balaban J connectivity index is 1.83. The molecule has 0 aliphatic heterocycles. The van der Waals surface area contributed by atoms with Gasteiger partial charge in [0.1, 0.15) is 0 Å². The molecule has 1 fully saturated rings. The summed E-state index contributed by atoms with van der Waals surface area (Å²) < 4.78 is 0. The highest BCUT2D eigenvalue weighted by atomic mass is 79.9. The van der Waals surface area contributed by atoms with E-state index < -0.39 is 0 Å². The van der Waals surface area contributed by atoms with Crippen molar-refractivity contribution in [2.45, 2.75) is 49.8 Å². The van der Waals surface area contributed by atoms with Crippen molar-refractivity contribution in [2.75, 3.05) is 0 Å². The van der Waals surface area contributed by atoms with Gasteiger partial charge in [-0.25, -0.2) is 0 Å². The highest BCUT2D eigenvalue weighted by Crippen LogP contribution is 2.42. The predicted octanol–water partition coefficient (Wildman–Crippen LogP) is 4.80. The molecule has 0 aromatic heterocycles. The van der Waals surface area contributed by atoms with Gasteiger partial charge in [-0.1, -0.05) is 47.0 Å². The Labute approximate surface area is 107 Å².